The third kappa shape index (κ3) is 7.28. The molecule has 1 atom stereocenters. The SMILES string of the molecule is CCNC(C)(CO)CCCCN1CCCCCCC1. The number of likely N-dealkylation sites (N-methyl/N-ethyl adjacent to an activating group) is 1. The highest BCUT2D eigenvalue weighted by atomic mass is 16.3. The molecule has 1 unspecified atom stereocenters. The van der Waals surface area contributed by atoms with Gasteiger partial charge in [-0.25, -0.2) is 0 Å². The first kappa shape index (κ1) is 16.9. The summed E-state index contributed by atoms with van der Waals surface area (Å²) in [5, 5.41) is 12.9. The number of hydrogen-bond acceptors (Lipinski definition) is 3. The summed E-state index contributed by atoms with van der Waals surface area (Å²) in [4.78, 5) is 2.64. The number of nitrogens with one attached hydrogen (secondary N) is 1. The lowest BCUT2D eigenvalue weighted by Gasteiger charge is -2.29. The monoisotopic (exact) mass is 270 g/mol. The summed E-state index contributed by atoms with van der Waals surface area (Å²) in [6, 6.07) is 0. The van der Waals surface area contributed by atoms with Crippen molar-refractivity contribution < 1.29 is 5.11 Å². The van der Waals surface area contributed by atoms with Gasteiger partial charge in [-0.2, -0.15) is 0 Å². The molecule has 0 radical (unpaired) electrons. The smallest absolute Gasteiger partial charge is 0.0610 e. The van der Waals surface area contributed by atoms with Crippen LogP contribution in [0.2, 0.25) is 0 Å². The molecular weight excluding hydrogens is 236 g/mol. The molecule has 1 fully saturated rings. The van der Waals surface area contributed by atoms with Crippen LogP contribution < -0.4 is 5.32 Å². The fraction of sp³-hybridized carbons (Fsp3) is 1.00. The highest BCUT2D eigenvalue weighted by molar-refractivity contribution is 4.81. The Balaban J connectivity index is 2.14. The maximum Gasteiger partial charge on any atom is 0.0610 e. The average molecular weight is 270 g/mol. The summed E-state index contributed by atoms with van der Waals surface area (Å²) in [7, 11) is 0. The number of hydrogen-bond donors (Lipinski definition) is 2. The molecule has 0 aromatic carbocycles. The van der Waals surface area contributed by atoms with Crippen LogP contribution in [0.1, 0.15) is 65.2 Å². The molecular formula is C16H34N2O. The normalized spacial score (nSPS) is 21.6. The lowest BCUT2D eigenvalue weighted by molar-refractivity contribution is 0.161. The predicted molar refractivity (Wildman–Crippen MR) is 82.5 cm³/mol. The van der Waals surface area contributed by atoms with Gasteiger partial charge >= 0.3 is 0 Å². The molecule has 114 valence electrons. The molecule has 0 aromatic rings. The zero-order valence-corrected chi connectivity index (χ0v) is 13.1. The molecule has 0 saturated carbocycles. The van der Waals surface area contributed by atoms with Crippen molar-refractivity contribution in [2.45, 2.75) is 70.8 Å². The van der Waals surface area contributed by atoms with Gasteiger partial charge in [0.25, 0.3) is 0 Å². The molecule has 3 nitrogen and oxygen atoms in total. The van der Waals surface area contributed by atoms with E-state index in [9.17, 15) is 5.11 Å². The molecule has 0 aromatic heterocycles. The summed E-state index contributed by atoms with van der Waals surface area (Å²) in [5.41, 5.74) is -0.0784. The van der Waals surface area contributed by atoms with Gasteiger partial charge in [-0.15, -0.1) is 0 Å². The number of rotatable bonds is 8. The van der Waals surface area contributed by atoms with E-state index in [4.69, 9.17) is 0 Å². The van der Waals surface area contributed by atoms with E-state index in [0.29, 0.717) is 0 Å². The Kier molecular flexibility index (Phi) is 8.67. The standard InChI is InChI=1S/C16H34N2O/c1-3-17-16(2,15-19)11-7-10-14-18-12-8-5-4-6-9-13-18/h17,19H,3-15H2,1-2H3. The van der Waals surface area contributed by atoms with Crippen LogP contribution in [-0.4, -0.2) is 48.3 Å². The number of unbranched alkanes of at least 4 members (excludes halogenated alkanes) is 1. The predicted octanol–water partition coefficient (Wildman–Crippen LogP) is 2.78. The third-order valence-corrected chi connectivity index (χ3v) is 4.35. The van der Waals surface area contributed by atoms with Crippen molar-refractivity contribution in [3.8, 4) is 0 Å². The van der Waals surface area contributed by atoms with E-state index in [2.05, 4.69) is 24.1 Å². The van der Waals surface area contributed by atoms with Gasteiger partial charge in [-0.1, -0.05) is 32.6 Å². The van der Waals surface area contributed by atoms with Crippen LogP contribution in [0.4, 0.5) is 0 Å². The van der Waals surface area contributed by atoms with Crippen LogP contribution in [-0.2, 0) is 0 Å². The van der Waals surface area contributed by atoms with Gasteiger partial charge in [-0.3, -0.25) is 0 Å². The molecule has 1 aliphatic heterocycles. The average Bonchev–Trinajstić information content (AvgIpc) is 2.37. The second kappa shape index (κ2) is 9.73. The lowest BCUT2D eigenvalue weighted by Crippen LogP contribution is -2.45. The zero-order chi connectivity index (χ0) is 14.0. The van der Waals surface area contributed by atoms with Gasteiger partial charge in [0.05, 0.1) is 6.61 Å². The first-order valence-corrected chi connectivity index (χ1v) is 8.28. The summed E-state index contributed by atoms with van der Waals surface area (Å²) in [5.74, 6) is 0. The Hall–Kier alpha value is -0.120. The van der Waals surface area contributed by atoms with Crippen LogP contribution in [0.5, 0.6) is 0 Å². The number of likely N-dealkylation sites (tertiary alicyclic amines) is 1. The second-order valence-corrected chi connectivity index (χ2v) is 6.32. The van der Waals surface area contributed by atoms with E-state index in [1.807, 2.05) is 0 Å². The molecule has 1 rings (SSSR count). The van der Waals surface area contributed by atoms with Crippen molar-refractivity contribution in [1.29, 1.82) is 0 Å². The topological polar surface area (TPSA) is 35.5 Å². The molecule has 3 heteroatoms. The van der Waals surface area contributed by atoms with Crippen LogP contribution in [0.3, 0.4) is 0 Å². The first-order valence-electron chi connectivity index (χ1n) is 8.28. The van der Waals surface area contributed by atoms with Crippen molar-refractivity contribution >= 4 is 0 Å². The van der Waals surface area contributed by atoms with Gasteiger partial charge in [0.1, 0.15) is 0 Å². The Morgan fingerprint density at radius 3 is 2.26 bits per heavy atom. The molecule has 0 aliphatic carbocycles. The number of nitrogens with zero attached hydrogens (tertiary/aromatic N) is 1. The zero-order valence-electron chi connectivity index (χ0n) is 13.1. The fourth-order valence-corrected chi connectivity index (χ4v) is 3.04. The van der Waals surface area contributed by atoms with Crippen LogP contribution >= 0.6 is 0 Å². The minimum absolute atomic E-state index is 0.0784. The van der Waals surface area contributed by atoms with Crippen molar-refractivity contribution in [3.63, 3.8) is 0 Å². The van der Waals surface area contributed by atoms with E-state index >= 15 is 0 Å². The van der Waals surface area contributed by atoms with Gasteiger partial charge in [0, 0.05) is 5.54 Å². The third-order valence-electron chi connectivity index (χ3n) is 4.35. The largest absolute Gasteiger partial charge is 0.394 e. The van der Waals surface area contributed by atoms with E-state index in [1.165, 1.54) is 64.6 Å². The number of aliphatic hydroxyl groups is 1. The lowest BCUT2D eigenvalue weighted by atomic mass is 9.95. The second-order valence-electron chi connectivity index (χ2n) is 6.32. The van der Waals surface area contributed by atoms with Gasteiger partial charge < -0.3 is 15.3 Å². The van der Waals surface area contributed by atoms with Crippen molar-refractivity contribution in [3.05, 3.63) is 0 Å². The van der Waals surface area contributed by atoms with Crippen LogP contribution in [0.15, 0.2) is 0 Å². The van der Waals surface area contributed by atoms with Crippen molar-refractivity contribution in [2.24, 2.45) is 0 Å². The molecule has 0 spiro atoms. The summed E-state index contributed by atoms with van der Waals surface area (Å²) in [6.45, 7) is 9.25. The minimum Gasteiger partial charge on any atom is -0.394 e. The Labute approximate surface area is 119 Å². The maximum atomic E-state index is 9.46. The summed E-state index contributed by atoms with van der Waals surface area (Å²) < 4.78 is 0. The Morgan fingerprint density at radius 2 is 1.68 bits per heavy atom. The van der Waals surface area contributed by atoms with E-state index < -0.39 is 0 Å². The number of aliphatic hydroxyl groups excluding tert-OH is 1. The van der Waals surface area contributed by atoms with Crippen molar-refractivity contribution in [1.82, 2.24) is 10.2 Å². The maximum absolute atomic E-state index is 9.46. The molecule has 1 heterocycles. The van der Waals surface area contributed by atoms with Gasteiger partial charge in [0.15, 0.2) is 0 Å². The fourth-order valence-electron chi connectivity index (χ4n) is 3.04. The van der Waals surface area contributed by atoms with E-state index in [1.54, 1.807) is 0 Å². The van der Waals surface area contributed by atoms with E-state index in [-0.39, 0.29) is 12.1 Å². The van der Waals surface area contributed by atoms with Crippen LogP contribution in [0.25, 0.3) is 0 Å². The molecule has 19 heavy (non-hydrogen) atoms. The van der Waals surface area contributed by atoms with E-state index in [0.717, 1.165) is 13.0 Å². The summed E-state index contributed by atoms with van der Waals surface area (Å²) in [6.07, 6.45) is 10.6. The molecule has 0 bridgehead atoms. The molecule has 0 amide bonds. The highest BCUT2D eigenvalue weighted by Gasteiger charge is 2.21. The van der Waals surface area contributed by atoms with Crippen LogP contribution in [0, 0.1) is 0 Å². The van der Waals surface area contributed by atoms with Crippen molar-refractivity contribution in [2.75, 3.05) is 32.8 Å². The highest BCUT2D eigenvalue weighted by Crippen LogP contribution is 2.15. The Morgan fingerprint density at radius 1 is 1.05 bits per heavy atom. The quantitative estimate of drug-likeness (QED) is 0.666. The summed E-state index contributed by atoms with van der Waals surface area (Å²) >= 11 is 0. The molecule has 1 aliphatic rings. The molecule has 2 N–H and O–H groups in total. The Bertz CT molecular complexity index is 215. The minimum atomic E-state index is -0.0784. The van der Waals surface area contributed by atoms with Gasteiger partial charge in [0.2, 0.25) is 0 Å². The first-order chi connectivity index (χ1) is 9.20. The molecule has 1 saturated heterocycles. The van der Waals surface area contributed by atoms with Gasteiger partial charge in [-0.05, 0) is 58.8 Å².